The van der Waals surface area contributed by atoms with Crippen LogP contribution in [0.15, 0.2) is 40.8 Å². The minimum absolute atomic E-state index is 0.219. The van der Waals surface area contributed by atoms with E-state index in [0.717, 1.165) is 34.1 Å². The van der Waals surface area contributed by atoms with Gasteiger partial charge in [0.2, 0.25) is 0 Å². The quantitative estimate of drug-likeness (QED) is 0.330. The first kappa shape index (κ1) is 23.1. The summed E-state index contributed by atoms with van der Waals surface area (Å²) in [5.74, 6) is 1.38. The summed E-state index contributed by atoms with van der Waals surface area (Å²) in [6.07, 6.45) is 0.801. The van der Waals surface area contributed by atoms with E-state index >= 15 is 0 Å². The molecule has 0 radical (unpaired) electrons. The van der Waals surface area contributed by atoms with Crippen LogP contribution in [0.4, 0.5) is 5.13 Å². The molecule has 1 amide bonds. The van der Waals surface area contributed by atoms with Gasteiger partial charge in [-0.05, 0) is 64.7 Å². The first-order valence-corrected chi connectivity index (χ1v) is 11.8. The molecule has 4 rings (SSSR count). The zero-order chi connectivity index (χ0) is 23.5. The minimum atomic E-state index is -0.219. The van der Waals surface area contributed by atoms with E-state index in [-0.39, 0.29) is 11.7 Å². The van der Waals surface area contributed by atoms with Crippen LogP contribution in [0.25, 0.3) is 21.2 Å². The number of aromatic nitrogens is 1. The monoisotopic (exact) mass is 467 g/mol. The molecule has 0 aliphatic carbocycles. The Kier molecular flexibility index (Phi) is 6.85. The van der Waals surface area contributed by atoms with Gasteiger partial charge in [0.1, 0.15) is 11.3 Å². The Morgan fingerprint density at radius 1 is 1.15 bits per heavy atom. The third-order valence-corrected chi connectivity index (χ3v) is 6.61. The third kappa shape index (κ3) is 4.67. The maximum Gasteiger partial charge on any atom is 0.295 e. The van der Waals surface area contributed by atoms with Gasteiger partial charge in [0, 0.05) is 11.9 Å². The van der Waals surface area contributed by atoms with E-state index in [9.17, 15) is 4.79 Å². The topological polar surface area (TPSA) is 68.0 Å². The number of furan rings is 1. The summed E-state index contributed by atoms with van der Waals surface area (Å²) in [6.45, 7) is 5.85. The van der Waals surface area contributed by atoms with Gasteiger partial charge in [0.15, 0.2) is 22.2 Å². The lowest BCUT2D eigenvalue weighted by atomic mass is 10.2. The van der Waals surface area contributed by atoms with Gasteiger partial charge in [-0.1, -0.05) is 29.5 Å². The van der Waals surface area contributed by atoms with Crippen molar-refractivity contribution in [2.45, 2.75) is 20.3 Å². The van der Waals surface area contributed by atoms with Crippen molar-refractivity contribution in [1.29, 1.82) is 0 Å². The molecule has 0 spiro atoms. The number of nitrogens with zero attached hydrogens (tertiary/aromatic N) is 3. The van der Waals surface area contributed by atoms with E-state index in [1.165, 1.54) is 11.3 Å². The first-order chi connectivity index (χ1) is 15.9. The van der Waals surface area contributed by atoms with Crippen molar-refractivity contribution >= 4 is 43.6 Å². The van der Waals surface area contributed by atoms with Crippen LogP contribution in [0.5, 0.6) is 11.5 Å². The highest BCUT2D eigenvalue weighted by atomic mass is 32.1. The molecule has 0 bridgehead atoms. The summed E-state index contributed by atoms with van der Waals surface area (Å²) < 4.78 is 18.2. The van der Waals surface area contributed by atoms with Gasteiger partial charge in [-0.3, -0.25) is 9.69 Å². The Morgan fingerprint density at radius 3 is 2.70 bits per heavy atom. The largest absolute Gasteiger partial charge is 0.494 e. The highest BCUT2D eigenvalue weighted by Crippen LogP contribution is 2.37. The molecule has 0 saturated heterocycles. The molecule has 0 aliphatic rings. The second-order valence-electron chi connectivity index (χ2n) is 8.09. The Labute approximate surface area is 197 Å². The van der Waals surface area contributed by atoms with E-state index in [2.05, 4.69) is 4.90 Å². The van der Waals surface area contributed by atoms with Crippen molar-refractivity contribution < 1.29 is 18.7 Å². The van der Waals surface area contributed by atoms with Crippen molar-refractivity contribution in [3.63, 3.8) is 0 Å². The average molecular weight is 468 g/mol. The van der Waals surface area contributed by atoms with Crippen LogP contribution in [0.1, 0.15) is 29.5 Å². The fourth-order valence-corrected chi connectivity index (χ4v) is 4.83. The van der Waals surface area contributed by atoms with E-state index in [4.69, 9.17) is 18.9 Å². The third-order valence-electron chi connectivity index (χ3n) is 5.39. The molecule has 7 nitrogen and oxygen atoms in total. The fraction of sp³-hybridized carbons (Fsp3) is 0.360. The van der Waals surface area contributed by atoms with Crippen LogP contribution >= 0.6 is 11.3 Å². The SMILES string of the molecule is CCOc1cccc2cc(C(=O)N(CCCN(C)C)c3nc4c(OC)ccc(C)c4s3)oc12. The summed E-state index contributed by atoms with van der Waals surface area (Å²) in [4.78, 5) is 22.3. The second-order valence-corrected chi connectivity index (χ2v) is 9.07. The standard InChI is InChI=1S/C25H29N3O4S/c1-6-31-19-10-7-9-17-15-20(32-22(17)19)24(29)28(14-8-13-27(3)4)25-26-21-18(30-5)12-11-16(2)23(21)33-25/h7,9-12,15H,6,8,13-14H2,1-5H3. The molecule has 8 heteroatoms. The summed E-state index contributed by atoms with van der Waals surface area (Å²) in [5, 5.41) is 1.46. The molecule has 0 unspecified atom stereocenters. The number of amides is 1. The molecule has 0 atom stereocenters. The highest BCUT2D eigenvalue weighted by Gasteiger charge is 2.26. The number of benzene rings is 2. The number of methoxy groups -OCH3 is 1. The normalized spacial score (nSPS) is 11.5. The van der Waals surface area contributed by atoms with Crippen LogP contribution in [-0.2, 0) is 0 Å². The molecule has 0 fully saturated rings. The van der Waals surface area contributed by atoms with Crippen molar-refractivity contribution in [2.24, 2.45) is 0 Å². The fourth-order valence-electron chi connectivity index (χ4n) is 3.75. The molecule has 0 aliphatic heterocycles. The number of ether oxygens (including phenoxy) is 2. The molecule has 0 saturated carbocycles. The lowest BCUT2D eigenvalue weighted by molar-refractivity contribution is 0.0961. The predicted molar refractivity (Wildman–Crippen MR) is 133 cm³/mol. The molecular weight excluding hydrogens is 438 g/mol. The number of carbonyl (C=O) groups excluding carboxylic acids is 1. The van der Waals surface area contributed by atoms with E-state index in [1.807, 2.05) is 58.3 Å². The van der Waals surface area contributed by atoms with E-state index in [1.54, 1.807) is 18.1 Å². The molecular formula is C25H29N3O4S. The predicted octanol–water partition coefficient (Wildman–Crippen LogP) is 5.36. The number of anilines is 1. The summed E-state index contributed by atoms with van der Waals surface area (Å²) in [5.41, 5.74) is 2.45. The van der Waals surface area contributed by atoms with Crippen molar-refractivity contribution in [2.75, 3.05) is 45.8 Å². The van der Waals surface area contributed by atoms with Crippen LogP contribution in [0, 0.1) is 6.92 Å². The van der Waals surface area contributed by atoms with E-state index in [0.29, 0.717) is 35.4 Å². The maximum atomic E-state index is 13.7. The number of hydrogen-bond donors (Lipinski definition) is 0. The minimum Gasteiger partial charge on any atom is -0.494 e. The highest BCUT2D eigenvalue weighted by molar-refractivity contribution is 7.22. The number of aryl methyl sites for hydroxylation is 1. The molecule has 2 aromatic carbocycles. The van der Waals surface area contributed by atoms with E-state index < -0.39 is 0 Å². The second kappa shape index (κ2) is 9.80. The average Bonchev–Trinajstić information content (AvgIpc) is 3.43. The summed E-state index contributed by atoms with van der Waals surface area (Å²) in [7, 11) is 5.67. The molecule has 2 heterocycles. The molecule has 2 aromatic heterocycles. The Hall–Kier alpha value is -3.10. The maximum absolute atomic E-state index is 13.7. The van der Waals surface area contributed by atoms with Crippen LogP contribution in [-0.4, -0.2) is 56.7 Å². The van der Waals surface area contributed by atoms with Crippen molar-refractivity contribution in [3.8, 4) is 11.5 Å². The van der Waals surface area contributed by atoms with Crippen molar-refractivity contribution in [3.05, 3.63) is 47.7 Å². The summed E-state index contributed by atoms with van der Waals surface area (Å²) >= 11 is 1.50. The van der Waals surface area contributed by atoms with Crippen LogP contribution in [0.3, 0.4) is 0 Å². The van der Waals surface area contributed by atoms with Crippen LogP contribution < -0.4 is 14.4 Å². The molecule has 4 aromatic rings. The number of carbonyl (C=O) groups is 1. The van der Waals surface area contributed by atoms with Gasteiger partial charge in [0.05, 0.1) is 18.4 Å². The number of thiazole rings is 1. The van der Waals surface area contributed by atoms with Gasteiger partial charge < -0.3 is 18.8 Å². The zero-order valence-corrected chi connectivity index (χ0v) is 20.5. The van der Waals surface area contributed by atoms with Gasteiger partial charge in [-0.25, -0.2) is 4.98 Å². The van der Waals surface area contributed by atoms with Gasteiger partial charge in [-0.15, -0.1) is 0 Å². The number of para-hydroxylation sites is 1. The van der Waals surface area contributed by atoms with Gasteiger partial charge >= 0.3 is 0 Å². The molecule has 174 valence electrons. The number of fused-ring (bicyclic) bond motifs is 2. The first-order valence-electron chi connectivity index (χ1n) is 11.0. The number of rotatable bonds is 9. The molecule has 33 heavy (non-hydrogen) atoms. The summed E-state index contributed by atoms with van der Waals surface area (Å²) in [6, 6.07) is 11.4. The Bertz CT molecular complexity index is 1280. The zero-order valence-electron chi connectivity index (χ0n) is 19.7. The van der Waals surface area contributed by atoms with Gasteiger partial charge in [-0.2, -0.15) is 0 Å². The molecule has 0 N–H and O–H groups in total. The lowest BCUT2D eigenvalue weighted by Crippen LogP contribution is -2.33. The lowest BCUT2D eigenvalue weighted by Gasteiger charge is -2.19. The van der Waals surface area contributed by atoms with Crippen LogP contribution in [0.2, 0.25) is 0 Å². The van der Waals surface area contributed by atoms with Gasteiger partial charge in [0.25, 0.3) is 5.91 Å². The smallest absolute Gasteiger partial charge is 0.295 e. The Balaban J connectivity index is 1.75. The van der Waals surface area contributed by atoms with Crippen molar-refractivity contribution in [1.82, 2.24) is 9.88 Å². The number of hydrogen-bond acceptors (Lipinski definition) is 7. The Morgan fingerprint density at radius 2 is 1.97 bits per heavy atom.